The van der Waals surface area contributed by atoms with Crippen molar-refractivity contribution in [3.63, 3.8) is 0 Å². The van der Waals surface area contributed by atoms with Gasteiger partial charge in [-0.3, -0.25) is 4.90 Å². The van der Waals surface area contributed by atoms with Crippen molar-refractivity contribution in [1.29, 1.82) is 0 Å². The lowest BCUT2D eigenvalue weighted by molar-refractivity contribution is 0.0368. The van der Waals surface area contributed by atoms with Crippen LogP contribution < -0.4 is 11.1 Å². The number of hydrogen-bond donors (Lipinski definition) is 2. The summed E-state index contributed by atoms with van der Waals surface area (Å²) in [5.41, 5.74) is 5.67. The van der Waals surface area contributed by atoms with Gasteiger partial charge in [0, 0.05) is 31.7 Å². The van der Waals surface area contributed by atoms with Crippen LogP contribution in [0.25, 0.3) is 0 Å². The molecule has 0 amide bonds. The number of aromatic nitrogens is 2. The summed E-state index contributed by atoms with van der Waals surface area (Å²) in [6, 6.07) is 1.94. The van der Waals surface area contributed by atoms with Crippen molar-refractivity contribution in [1.82, 2.24) is 14.9 Å². The second-order valence-corrected chi connectivity index (χ2v) is 5.21. The van der Waals surface area contributed by atoms with Crippen molar-refractivity contribution < 1.29 is 4.74 Å². The molecule has 1 unspecified atom stereocenters. The number of nitrogen functional groups attached to an aromatic ring is 1. The lowest BCUT2D eigenvalue weighted by Crippen LogP contribution is -2.42. The van der Waals surface area contributed by atoms with Crippen molar-refractivity contribution in [2.24, 2.45) is 0 Å². The largest absolute Gasteiger partial charge is 0.383 e. The highest BCUT2D eigenvalue weighted by Gasteiger charge is 2.14. The van der Waals surface area contributed by atoms with E-state index in [4.69, 9.17) is 10.5 Å². The van der Waals surface area contributed by atoms with E-state index in [2.05, 4.69) is 43.0 Å². The maximum absolute atomic E-state index is 5.67. The zero-order valence-electron chi connectivity index (χ0n) is 10.4. The smallest absolute Gasteiger partial charge is 0.225 e. The van der Waals surface area contributed by atoms with Crippen molar-refractivity contribution in [2.75, 3.05) is 43.9 Å². The summed E-state index contributed by atoms with van der Waals surface area (Å²) in [7, 11) is 0. The fraction of sp³-hybridized carbons (Fsp3) is 0.636. The number of nitrogens with zero attached hydrogens (tertiary/aromatic N) is 3. The maximum Gasteiger partial charge on any atom is 0.225 e. The van der Waals surface area contributed by atoms with Gasteiger partial charge in [0.25, 0.3) is 0 Å². The minimum atomic E-state index is 0.261. The van der Waals surface area contributed by atoms with E-state index in [0.717, 1.165) is 32.8 Å². The second kappa shape index (κ2) is 6.31. The molecule has 0 bridgehead atoms. The molecule has 18 heavy (non-hydrogen) atoms. The Morgan fingerprint density at radius 1 is 1.50 bits per heavy atom. The van der Waals surface area contributed by atoms with Crippen LogP contribution in [0, 0.1) is 0 Å². The van der Waals surface area contributed by atoms with Crippen LogP contribution in [0.3, 0.4) is 0 Å². The van der Waals surface area contributed by atoms with Gasteiger partial charge in [0.15, 0.2) is 0 Å². The van der Waals surface area contributed by atoms with Gasteiger partial charge in [-0.25, -0.2) is 4.98 Å². The number of rotatable bonds is 4. The van der Waals surface area contributed by atoms with Gasteiger partial charge < -0.3 is 15.8 Å². The van der Waals surface area contributed by atoms with Gasteiger partial charge in [-0.1, -0.05) is 0 Å². The van der Waals surface area contributed by atoms with Gasteiger partial charge in [0.2, 0.25) is 5.95 Å². The molecule has 2 heterocycles. The number of nitrogens with one attached hydrogen (secondary N) is 1. The SMILES string of the molecule is CC(CN1CCOCC1)Nc1nc(N)cc(Br)n1. The van der Waals surface area contributed by atoms with Crippen LogP contribution in [0.1, 0.15) is 6.92 Å². The zero-order chi connectivity index (χ0) is 13.0. The van der Waals surface area contributed by atoms with Crippen molar-refractivity contribution in [3.05, 3.63) is 10.7 Å². The van der Waals surface area contributed by atoms with Crippen LogP contribution in [-0.2, 0) is 4.74 Å². The van der Waals surface area contributed by atoms with Gasteiger partial charge >= 0.3 is 0 Å². The third-order valence-corrected chi connectivity index (χ3v) is 3.13. The quantitative estimate of drug-likeness (QED) is 0.806. The molecule has 0 saturated carbocycles. The number of ether oxygens (including phenoxy) is 1. The Kier molecular flexibility index (Phi) is 4.73. The summed E-state index contributed by atoms with van der Waals surface area (Å²) in [5, 5.41) is 3.26. The van der Waals surface area contributed by atoms with Crippen molar-refractivity contribution >= 4 is 27.7 Å². The standard InChI is InChI=1S/C11H18BrN5O/c1-8(7-17-2-4-18-5-3-17)14-11-15-9(12)6-10(13)16-11/h6,8H,2-5,7H2,1H3,(H3,13,14,15,16). The van der Waals surface area contributed by atoms with E-state index < -0.39 is 0 Å². The average Bonchev–Trinajstić information content (AvgIpc) is 2.28. The number of hydrogen-bond acceptors (Lipinski definition) is 6. The molecule has 1 atom stereocenters. The van der Waals surface area contributed by atoms with Crippen LogP contribution in [-0.4, -0.2) is 53.8 Å². The Hall–Kier alpha value is -0.920. The molecule has 1 aliphatic rings. The zero-order valence-corrected chi connectivity index (χ0v) is 12.0. The topological polar surface area (TPSA) is 76.3 Å². The first kappa shape index (κ1) is 13.5. The predicted octanol–water partition coefficient (Wildman–Crippen LogP) is 0.954. The highest BCUT2D eigenvalue weighted by Crippen LogP contribution is 2.13. The van der Waals surface area contributed by atoms with Gasteiger partial charge in [-0.05, 0) is 22.9 Å². The molecule has 1 aliphatic heterocycles. The highest BCUT2D eigenvalue weighted by atomic mass is 79.9. The minimum Gasteiger partial charge on any atom is -0.383 e. The minimum absolute atomic E-state index is 0.261. The first-order valence-electron chi connectivity index (χ1n) is 6.00. The van der Waals surface area contributed by atoms with E-state index in [9.17, 15) is 0 Å². The number of anilines is 2. The van der Waals surface area contributed by atoms with Gasteiger partial charge in [-0.15, -0.1) is 0 Å². The van der Waals surface area contributed by atoms with E-state index in [1.807, 2.05) is 0 Å². The Bertz CT molecular complexity index is 377. The molecular weight excluding hydrogens is 298 g/mol. The first-order valence-corrected chi connectivity index (χ1v) is 6.79. The predicted molar refractivity (Wildman–Crippen MR) is 74.5 cm³/mol. The molecule has 0 radical (unpaired) electrons. The molecule has 1 saturated heterocycles. The van der Waals surface area contributed by atoms with Gasteiger partial charge in [0.05, 0.1) is 13.2 Å². The second-order valence-electron chi connectivity index (χ2n) is 4.40. The summed E-state index contributed by atoms with van der Waals surface area (Å²) in [4.78, 5) is 10.8. The molecule has 1 aromatic heterocycles. The van der Waals surface area contributed by atoms with Crippen LogP contribution in [0.5, 0.6) is 0 Å². The Balaban J connectivity index is 1.87. The average molecular weight is 316 g/mol. The molecule has 1 fully saturated rings. The third-order valence-electron chi connectivity index (χ3n) is 2.73. The highest BCUT2D eigenvalue weighted by molar-refractivity contribution is 9.10. The van der Waals surface area contributed by atoms with Gasteiger partial charge in [0.1, 0.15) is 10.4 Å². The molecule has 0 aliphatic carbocycles. The molecule has 0 spiro atoms. The summed E-state index contributed by atoms with van der Waals surface area (Å²) < 4.78 is 6.01. The van der Waals surface area contributed by atoms with Crippen molar-refractivity contribution in [3.8, 4) is 0 Å². The fourth-order valence-corrected chi connectivity index (χ4v) is 2.34. The number of nitrogens with two attached hydrogens (primary N) is 1. The molecule has 2 rings (SSSR count). The van der Waals surface area contributed by atoms with E-state index in [-0.39, 0.29) is 6.04 Å². The molecule has 100 valence electrons. The molecule has 1 aromatic rings. The molecule has 0 aromatic carbocycles. The maximum atomic E-state index is 5.67. The van der Waals surface area contributed by atoms with Crippen LogP contribution in [0.4, 0.5) is 11.8 Å². The van der Waals surface area contributed by atoms with Gasteiger partial charge in [-0.2, -0.15) is 4.98 Å². The number of halogens is 1. The van der Waals surface area contributed by atoms with E-state index in [1.165, 1.54) is 0 Å². The summed E-state index contributed by atoms with van der Waals surface area (Å²) >= 11 is 3.30. The lowest BCUT2D eigenvalue weighted by Gasteiger charge is -2.29. The third kappa shape index (κ3) is 4.08. The summed E-state index contributed by atoms with van der Waals surface area (Å²) in [6.45, 7) is 6.64. The molecular formula is C11H18BrN5O. The van der Waals surface area contributed by atoms with Crippen molar-refractivity contribution in [2.45, 2.75) is 13.0 Å². The van der Waals surface area contributed by atoms with Crippen LogP contribution in [0.15, 0.2) is 10.7 Å². The first-order chi connectivity index (χ1) is 8.63. The van der Waals surface area contributed by atoms with E-state index in [0.29, 0.717) is 16.4 Å². The Morgan fingerprint density at radius 3 is 2.89 bits per heavy atom. The van der Waals surface area contributed by atoms with Crippen LogP contribution in [0.2, 0.25) is 0 Å². The molecule has 7 heteroatoms. The van der Waals surface area contributed by atoms with E-state index in [1.54, 1.807) is 6.07 Å². The fourth-order valence-electron chi connectivity index (χ4n) is 1.94. The molecule has 3 N–H and O–H groups in total. The molecule has 6 nitrogen and oxygen atoms in total. The van der Waals surface area contributed by atoms with Crippen LogP contribution >= 0.6 is 15.9 Å². The monoisotopic (exact) mass is 315 g/mol. The Labute approximate surface area is 115 Å². The normalized spacial score (nSPS) is 18.6. The summed E-state index contributed by atoms with van der Waals surface area (Å²) in [6.07, 6.45) is 0. The number of morpholine rings is 1. The lowest BCUT2D eigenvalue weighted by atomic mass is 10.3. The van der Waals surface area contributed by atoms with E-state index >= 15 is 0 Å². The summed E-state index contributed by atoms with van der Waals surface area (Å²) in [5.74, 6) is 1.01. The Morgan fingerprint density at radius 2 is 2.22 bits per heavy atom.